The summed E-state index contributed by atoms with van der Waals surface area (Å²) in [6, 6.07) is 7.64. The van der Waals surface area contributed by atoms with E-state index in [2.05, 4.69) is 25.5 Å². The molecule has 3 aromatic heterocycles. The monoisotopic (exact) mass is 536 g/mol. The van der Waals surface area contributed by atoms with Crippen LogP contribution in [-0.2, 0) is 14.3 Å². The molecule has 9 nitrogen and oxygen atoms in total. The van der Waals surface area contributed by atoms with Gasteiger partial charge in [-0.15, -0.1) is 0 Å². The van der Waals surface area contributed by atoms with Gasteiger partial charge in [0.15, 0.2) is 6.23 Å². The molecule has 2 aliphatic rings. The van der Waals surface area contributed by atoms with E-state index in [0.29, 0.717) is 18.1 Å². The van der Waals surface area contributed by atoms with Gasteiger partial charge in [0, 0.05) is 72.9 Å². The average molecular weight is 537 g/mol. The van der Waals surface area contributed by atoms with Crippen molar-refractivity contribution < 1.29 is 14.3 Å². The number of carbonyl (C=O) groups excluding carboxylic acids is 2. The molecular formula is C28H33ClN6O3. The highest BCUT2D eigenvalue weighted by Gasteiger charge is 2.34. The molecule has 0 aliphatic carbocycles. The van der Waals surface area contributed by atoms with Crippen molar-refractivity contribution in [3.8, 4) is 11.3 Å². The largest absolute Gasteiger partial charge is 0.446 e. The number of anilines is 1. The van der Waals surface area contributed by atoms with Crippen LogP contribution >= 0.6 is 11.6 Å². The highest BCUT2D eigenvalue weighted by molar-refractivity contribution is 6.29. The highest BCUT2D eigenvalue weighted by Crippen LogP contribution is 2.32. The standard InChI is InChI=1S/C28H33ClN6O3/c1-28(2,3)27(37)38-24-14-20(16-32-24)33-26(36)17-6-10-35(11-7-17)25-21-5-8-30-15-19(21)12-22(34-25)18-4-9-31-23(29)13-18/h4-5,8-9,12-13,15,17,20,24,32H,6-7,10-11,14,16H2,1-3H3,(H,33,36)/t20-,24?/m1/s1. The molecule has 5 heterocycles. The zero-order valence-corrected chi connectivity index (χ0v) is 22.7. The van der Waals surface area contributed by atoms with Crippen LogP contribution in [-0.4, -0.2) is 58.7 Å². The third kappa shape index (κ3) is 5.89. The maximum Gasteiger partial charge on any atom is 0.312 e. The number of fused-ring (bicyclic) bond motifs is 1. The number of halogens is 1. The second-order valence-electron chi connectivity index (χ2n) is 11.0. The molecule has 0 saturated carbocycles. The molecular weight excluding hydrogens is 504 g/mol. The van der Waals surface area contributed by atoms with Crippen molar-refractivity contribution in [1.29, 1.82) is 0 Å². The van der Waals surface area contributed by atoms with Crippen molar-refractivity contribution >= 4 is 40.1 Å². The van der Waals surface area contributed by atoms with E-state index in [1.54, 1.807) is 18.5 Å². The molecule has 2 fully saturated rings. The lowest BCUT2D eigenvalue weighted by atomic mass is 9.95. The zero-order chi connectivity index (χ0) is 26.9. The Morgan fingerprint density at radius 1 is 1.16 bits per heavy atom. The number of amides is 1. The van der Waals surface area contributed by atoms with Gasteiger partial charge < -0.3 is 15.0 Å². The van der Waals surface area contributed by atoms with Crippen LogP contribution in [0.5, 0.6) is 0 Å². The maximum absolute atomic E-state index is 13.1. The third-order valence-electron chi connectivity index (χ3n) is 7.10. The van der Waals surface area contributed by atoms with Gasteiger partial charge in [0.2, 0.25) is 5.91 Å². The van der Waals surface area contributed by atoms with E-state index in [9.17, 15) is 9.59 Å². The summed E-state index contributed by atoms with van der Waals surface area (Å²) in [6.07, 6.45) is 6.95. The fourth-order valence-corrected chi connectivity index (χ4v) is 5.08. The van der Waals surface area contributed by atoms with Crippen LogP contribution in [0, 0.1) is 11.3 Å². The number of carbonyl (C=O) groups is 2. The first kappa shape index (κ1) is 26.3. The van der Waals surface area contributed by atoms with Crippen molar-refractivity contribution in [2.24, 2.45) is 11.3 Å². The van der Waals surface area contributed by atoms with Crippen molar-refractivity contribution in [3.05, 3.63) is 48.0 Å². The van der Waals surface area contributed by atoms with Gasteiger partial charge in [-0.05, 0) is 57.9 Å². The van der Waals surface area contributed by atoms with Crippen molar-refractivity contribution in [3.63, 3.8) is 0 Å². The van der Waals surface area contributed by atoms with Crippen LogP contribution < -0.4 is 15.5 Å². The smallest absolute Gasteiger partial charge is 0.312 e. The van der Waals surface area contributed by atoms with Crippen LogP contribution in [0.3, 0.4) is 0 Å². The summed E-state index contributed by atoms with van der Waals surface area (Å²) in [4.78, 5) is 40.9. The fraction of sp³-hybridized carbons (Fsp3) is 0.464. The van der Waals surface area contributed by atoms with E-state index in [-0.39, 0.29) is 30.1 Å². The molecule has 5 rings (SSSR count). The van der Waals surface area contributed by atoms with Gasteiger partial charge in [-0.2, -0.15) is 0 Å². The lowest BCUT2D eigenvalue weighted by Crippen LogP contribution is -2.44. The number of hydrogen-bond donors (Lipinski definition) is 2. The summed E-state index contributed by atoms with van der Waals surface area (Å²) < 4.78 is 5.55. The molecule has 3 aromatic rings. The summed E-state index contributed by atoms with van der Waals surface area (Å²) in [7, 11) is 0. The molecule has 0 aromatic carbocycles. The first-order valence-electron chi connectivity index (χ1n) is 13.0. The zero-order valence-electron chi connectivity index (χ0n) is 21.9. The van der Waals surface area contributed by atoms with E-state index in [1.807, 2.05) is 45.2 Å². The van der Waals surface area contributed by atoms with Crippen LogP contribution in [0.1, 0.15) is 40.0 Å². The summed E-state index contributed by atoms with van der Waals surface area (Å²) in [5.74, 6) is 0.622. The predicted molar refractivity (Wildman–Crippen MR) is 147 cm³/mol. The van der Waals surface area contributed by atoms with E-state index in [4.69, 9.17) is 21.3 Å². The number of hydrogen-bond acceptors (Lipinski definition) is 8. The van der Waals surface area contributed by atoms with Gasteiger partial charge in [-0.25, -0.2) is 9.97 Å². The van der Waals surface area contributed by atoms with E-state index < -0.39 is 5.41 Å². The van der Waals surface area contributed by atoms with Crippen molar-refractivity contribution in [1.82, 2.24) is 25.6 Å². The quantitative estimate of drug-likeness (QED) is 0.372. The number of nitrogens with one attached hydrogen (secondary N) is 2. The SMILES string of the molecule is CC(C)(C)C(=O)OC1C[C@@H](NC(=O)C2CCN(c3nc(-c4ccnc(Cl)c4)cc4cnccc34)CC2)CN1. The van der Waals surface area contributed by atoms with Crippen molar-refractivity contribution in [2.75, 3.05) is 24.5 Å². The Hall–Kier alpha value is -3.30. The number of pyridine rings is 3. The van der Waals surface area contributed by atoms with Crippen LogP contribution in [0.25, 0.3) is 22.0 Å². The highest BCUT2D eigenvalue weighted by atomic mass is 35.5. The summed E-state index contributed by atoms with van der Waals surface area (Å²) in [5.41, 5.74) is 1.14. The Bertz CT molecular complexity index is 1340. The number of nitrogens with zero attached hydrogens (tertiary/aromatic N) is 4. The molecule has 2 saturated heterocycles. The first-order chi connectivity index (χ1) is 18.2. The fourth-order valence-electron chi connectivity index (χ4n) is 4.91. The second-order valence-corrected chi connectivity index (χ2v) is 11.4. The Labute approximate surface area is 227 Å². The van der Waals surface area contributed by atoms with Gasteiger partial charge >= 0.3 is 5.97 Å². The average Bonchev–Trinajstić information content (AvgIpc) is 3.34. The molecule has 1 unspecified atom stereocenters. The Balaban J connectivity index is 1.22. The third-order valence-corrected chi connectivity index (χ3v) is 7.30. The minimum Gasteiger partial charge on any atom is -0.446 e. The molecule has 200 valence electrons. The second kappa shape index (κ2) is 10.8. The van der Waals surface area contributed by atoms with Gasteiger partial charge in [0.05, 0.1) is 11.1 Å². The minimum atomic E-state index is -0.557. The summed E-state index contributed by atoms with van der Waals surface area (Å²) in [6.45, 7) is 7.51. The normalized spacial score (nSPS) is 20.5. The molecule has 1 amide bonds. The number of esters is 1. The van der Waals surface area contributed by atoms with E-state index >= 15 is 0 Å². The molecule has 2 atom stereocenters. The van der Waals surface area contributed by atoms with Gasteiger partial charge in [0.1, 0.15) is 11.0 Å². The molecule has 2 aliphatic heterocycles. The topological polar surface area (TPSA) is 109 Å². The maximum atomic E-state index is 13.1. The Morgan fingerprint density at radius 2 is 1.95 bits per heavy atom. The van der Waals surface area contributed by atoms with Gasteiger partial charge in [-0.1, -0.05) is 11.6 Å². The molecule has 2 N–H and O–H groups in total. The molecule has 0 spiro atoms. The number of piperidine rings is 1. The minimum absolute atomic E-state index is 0.0553. The summed E-state index contributed by atoms with van der Waals surface area (Å²) >= 11 is 6.13. The Morgan fingerprint density at radius 3 is 2.68 bits per heavy atom. The summed E-state index contributed by atoms with van der Waals surface area (Å²) in [5, 5.41) is 8.79. The molecule has 0 bridgehead atoms. The van der Waals surface area contributed by atoms with Gasteiger partial charge in [-0.3, -0.25) is 19.9 Å². The molecule has 0 radical (unpaired) electrons. The van der Waals surface area contributed by atoms with Crippen LogP contribution in [0.2, 0.25) is 5.15 Å². The van der Waals surface area contributed by atoms with E-state index in [1.165, 1.54) is 0 Å². The number of aromatic nitrogens is 3. The van der Waals surface area contributed by atoms with Crippen LogP contribution in [0.4, 0.5) is 5.82 Å². The lowest BCUT2D eigenvalue weighted by molar-refractivity contribution is -0.159. The van der Waals surface area contributed by atoms with Crippen LogP contribution in [0.15, 0.2) is 42.9 Å². The lowest BCUT2D eigenvalue weighted by Gasteiger charge is -2.33. The molecule has 38 heavy (non-hydrogen) atoms. The number of ether oxygens (including phenoxy) is 1. The first-order valence-corrected chi connectivity index (χ1v) is 13.4. The Kier molecular flexibility index (Phi) is 7.49. The van der Waals surface area contributed by atoms with Gasteiger partial charge in [0.25, 0.3) is 0 Å². The predicted octanol–water partition coefficient (Wildman–Crippen LogP) is 3.96. The van der Waals surface area contributed by atoms with Crippen molar-refractivity contribution in [2.45, 2.75) is 52.3 Å². The molecule has 10 heteroatoms. The number of rotatable bonds is 5. The van der Waals surface area contributed by atoms with E-state index in [0.717, 1.165) is 53.8 Å².